The van der Waals surface area contributed by atoms with E-state index in [0.717, 1.165) is 56.0 Å². The number of H-pyrrole nitrogens is 1. The Morgan fingerprint density at radius 1 is 1.07 bits per heavy atom. The van der Waals surface area contributed by atoms with Gasteiger partial charge in [0.1, 0.15) is 5.82 Å². The molecule has 3 unspecified atom stereocenters. The number of hydrogen-bond donors (Lipinski definition) is 2. The molecule has 5 rings (SSSR count). The van der Waals surface area contributed by atoms with Gasteiger partial charge in [0.05, 0.1) is 0 Å². The van der Waals surface area contributed by atoms with Crippen LogP contribution in [0.1, 0.15) is 56.7 Å². The highest BCUT2D eigenvalue weighted by Crippen LogP contribution is 2.43. The minimum Gasteiger partial charge on any atom is -0.342 e. The molecule has 3 aliphatic rings. The number of piperidine rings is 1. The lowest BCUT2D eigenvalue weighted by Crippen LogP contribution is -2.51. The summed E-state index contributed by atoms with van der Waals surface area (Å²) in [7, 11) is 0. The first-order valence-electron chi connectivity index (χ1n) is 11.2. The van der Waals surface area contributed by atoms with E-state index in [1.165, 1.54) is 19.3 Å². The molecular formula is C23H31N5O. The second kappa shape index (κ2) is 7.90. The molecular weight excluding hydrogens is 362 g/mol. The third kappa shape index (κ3) is 3.70. The number of aromatic nitrogens is 3. The van der Waals surface area contributed by atoms with Gasteiger partial charge in [-0.15, -0.1) is 0 Å². The van der Waals surface area contributed by atoms with Crippen molar-refractivity contribution in [3.8, 4) is 11.4 Å². The number of aromatic amines is 1. The number of likely N-dealkylation sites (tertiary alicyclic amines) is 1. The monoisotopic (exact) mass is 393 g/mol. The summed E-state index contributed by atoms with van der Waals surface area (Å²) in [5.74, 6) is 3.48. The van der Waals surface area contributed by atoms with Crippen LogP contribution in [0.2, 0.25) is 0 Å². The summed E-state index contributed by atoms with van der Waals surface area (Å²) in [5.41, 5.74) is 7.45. The average molecular weight is 394 g/mol. The number of rotatable bonds is 3. The van der Waals surface area contributed by atoms with E-state index in [-0.39, 0.29) is 11.8 Å². The lowest BCUT2D eigenvalue weighted by Gasteiger charge is -2.45. The molecule has 1 aliphatic heterocycles. The van der Waals surface area contributed by atoms with Crippen molar-refractivity contribution in [3.05, 3.63) is 36.2 Å². The Morgan fingerprint density at radius 2 is 1.83 bits per heavy atom. The zero-order valence-corrected chi connectivity index (χ0v) is 17.0. The molecule has 2 bridgehead atoms. The molecule has 3 atom stereocenters. The molecule has 1 aromatic carbocycles. The van der Waals surface area contributed by atoms with Crippen LogP contribution in [-0.4, -0.2) is 45.1 Å². The van der Waals surface area contributed by atoms with Crippen molar-refractivity contribution in [1.29, 1.82) is 0 Å². The molecule has 29 heavy (non-hydrogen) atoms. The molecule has 1 aromatic heterocycles. The van der Waals surface area contributed by atoms with Gasteiger partial charge < -0.3 is 10.6 Å². The van der Waals surface area contributed by atoms with E-state index in [1.807, 2.05) is 30.3 Å². The Kier molecular flexibility index (Phi) is 5.12. The summed E-state index contributed by atoms with van der Waals surface area (Å²) in [6.45, 7) is 1.62. The minimum absolute atomic E-state index is 0.165. The fourth-order valence-corrected chi connectivity index (χ4v) is 5.82. The summed E-state index contributed by atoms with van der Waals surface area (Å²) in [4.78, 5) is 20.2. The summed E-state index contributed by atoms with van der Waals surface area (Å²) < 4.78 is 0. The second-order valence-corrected chi connectivity index (χ2v) is 9.23. The smallest absolute Gasteiger partial charge is 0.225 e. The van der Waals surface area contributed by atoms with Crippen LogP contribution in [0, 0.1) is 17.8 Å². The molecule has 1 saturated heterocycles. The lowest BCUT2D eigenvalue weighted by atomic mass is 9.65. The lowest BCUT2D eigenvalue weighted by molar-refractivity contribution is -0.139. The predicted octanol–water partition coefficient (Wildman–Crippen LogP) is 3.33. The van der Waals surface area contributed by atoms with Gasteiger partial charge in [0.2, 0.25) is 5.91 Å². The van der Waals surface area contributed by atoms with Crippen molar-refractivity contribution in [2.45, 2.75) is 56.9 Å². The van der Waals surface area contributed by atoms with E-state index >= 15 is 0 Å². The van der Waals surface area contributed by atoms with Crippen LogP contribution in [0.3, 0.4) is 0 Å². The van der Waals surface area contributed by atoms with Gasteiger partial charge in [-0.2, -0.15) is 5.10 Å². The van der Waals surface area contributed by atoms with E-state index in [1.54, 1.807) is 0 Å². The summed E-state index contributed by atoms with van der Waals surface area (Å²) in [6.07, 6.45) is 7.72. The fourth-order valence-electron chi connectivity index (χ4n) is 5.82. The van der Waals surface area contributed by atoms with Crippen molar-refractivity contribution in [2.24, 2.45) is 23.5 Å². The quantitative estimate of drug-likeness (QED) is 0.837. The molecule has 2 saturated carbocycles. The topological polar surface area (TPSA) is 87.9 Å². The molecule has 3 fully saturated rings. The molecule has 1 amide bonds. The van der Waals surface area contributed by atoms with Gasteiger partial charge in [0.25, 0.3) is 0 Å². The zero-order chi connectivity index (χ0) is 19.8. The van der Waals surface area contributed by atoms with Gasteiger partial charge in [0.15, 0.2) is 5.82 Å². The molecule has 2 heterocycles. The standard InChI is InChI=1S/C23H31N5O/c24-20-16-8-4-9-17(20)13-19(12-16)23(29)28-11-5-10-18(14-28)22-25-21(26-27-22)15-6-2-1-3-7-15/h1-3,6-7,16-20H,4-5,8-14,24H2,(H,25,26,27). The SMILES string of the molecule is NC1C2CCCC1CC(C(=O)N1CCCC(c3nc(-c4ccccc4)n[nH]3)C1)C2. The van der Waals surface area contributed by atoms with Crippen LogP contribution in [-0.2, 0) is 4.79 Å². The largest absolute Gasteiger partial charge is 0.342 e. The van der Waals surface area contributed by atoms with Crippen molar-refractivity contribution < 1.29 is 4.79 Å². The van der Waals surface area contributed by atoms with Gasteiger partial charge in [-0.3, -0.25) is 9.89 Å². The number of benzene rings is 1. The van der Waals surface area contributed by atoms with E-state index in [0.29, 0.717) is 23.8 Å². The second-order valence-electron chi connectivity index (χ2n) is 9.23. The third-order valence-corrected chi connectivity index (χ3v) is 7.42. The Balaban J connectivity index is 1.26. The van der Waals surface area contributed by atoms with Crippen LogP contribution in [0.15, 0.2) is 30.3 Å². The van der Waals surface area contributed by atoms with Crippen molar-refractivity contribution >= 4 is 5.91 Å². The van der Waals surface area contributed by atoms with Crippen LogP contribution in [0.25, 0.3) is 11.4 Å². The Labute approximate surface area is 172 Å². The summed E-state index contributed by atoms with van der Waals surface area (Å²) >= 11 is 0. The van der Waals surface area contributed by atoms with Crippen molar-refractivity contribution in [2.75, 3.05) is 13.1 Å². The maximum atomic E-state index is 13.3. The number of carbonyl (C=O) groups is 1. The first-order valence-corrected chi connectivity index (χ1v) is 11.2. The van der Waals surface area contributed by atoms with Crippen LogP contribution < -0.4 is 5.73 Å². The van der Waals surface area contributed by atoms with Gasteiger partial charge in [0, 0.05) is 36.5 Å². The molecule has 6 nitrogen and oxygen atoms in total. The molecule has 154 valence electrons. The van der Waals surface area contributed by atoms with E-state index in [9.17, 15) is 4.79 Å². The van der Waals surface area contributed by atoms with Gasteiger partial charge >= 0.3 is 0 Å². The molecule has 2 aliphatic carbocycles. The highest BCUT2D eigenvalue weighted by Gasteiger charge is 2.42. The summed E-state index contributed by atoms with van der Waals surface area (Å²) in [6, 6.07) is 10.3. The van der Waals surface area contributed by atoms with Crippen molar-refractivity contribution in [3.63, 3.8) is 0 Å². The highest BCUT2D eigenvalue weighted by atomic mass is 16.2. The number of nitrogens with zero attached hydrogens (tertiary/aromatic N) is 3. The number of hydrogen-bond acceptors (Lipinski definition) is 4. The zero-order valence-electron chi connectivity index (χ0n) is 17.0. The molecule has 2 aromatic rings. The first kappa shape index (κ1) is 18.8. The Morgan fingerprint density at radius 3 is 2.59 bits per heavy atom. The summed E-state index contributed by atoms with van der Waals surface area (Å²) in [5, 5.41) is 7.55. The van der Waals surface area contributed by atoms with Gasteiger partial charge in [-0.1, -0.05) is 36.8 Å². The third-order valence-electron chi connectivity index (χ3n) is 7.42. The van der Waals surface area contributed by atoms with Crippen LogP contribution in [0.4, 0.5) is 0 Å². The minimum atomic E-state index is 0.165. The number of nitrogens with two attached hydrogens (primary N) is 1. The number of carbonyl (C=O) groups excluding carboxylic acids is 1. The van der Waals surface area contributed by atoms with E-state index in [4.69, 9.17) is 10.7 Å². The molecule has 0 radical (unpaired) electrons. The average Bonchev–Trinajstić information content (AvgIpc) is 3.24. The van der Waals surface area contributed by atoms with Crippen LogP contribution >= 0.6 is 0 Å². The maximum Gasteiger partial charge on any atom is 0.225 e. The van der Waals surface area contributed by atoms with E-state index < -0.39 is 0 Å². The normalized spacial score (nSPS) is 32.2. The first-order chi connectivity index (χ1) is 14.2. The number of fused-ring (bicyclic) bond motifs is 2. The van der Waals surface area contributed by atoms with Gasteiger partial charge in [-0.05, 0) is 50.4 Å². The van der Waals surface area contributed by atoms with Gasteiger partial charge in [-0.25, -0.2) is 4.98 Å². The van der Waals surface area contributed by atoms with E-state index in [2.05, 4.69) is 15.1 Å². The number of amides is 1. The highest BCUT2D eigenvalue weighted by molar-refractivity contribution is 5.79. The number of nitrogens with one attached hydrogen (secondary N) is 1. The molecule has 0 spiro atoms. The Bertz CT molecular complexity index is 836. The fraction of sp³-hybridized carbons (Fsp3) is 0.609. The maximum absolute atomic E-state index is 13.3. The Hall–Kier alpha value is -2.21. The molecule has 3 N–H and O–H groups in total. The van der Waals surface area contributed by atoms with Crippen molar-refractivity contribution in [1.82, 2.24) is 20.1 Å². The predicted molar refractivity (Wildman–Crippen MR) is 112 cm³/mol. The van der Waals surface area contributed by atoms with Crippen LogP contribution in [0.5, 0.6) is 0 Å². The molecule has 6 heteroatoms.